The second kappa shape index (κ2) is 7.01. The van der Waals surface area contributed by atoms with Crippen LogP contribution in [-0.2, 0) is 6.54 Å². The van der Waals surface area contributed by atoms with Crippen LogP contribution in [0.4, 0.5) is 10.1 Å². The van der Waals surface area contributed by atoms with Crippen molar-refractivity contribution in [2.45, 2.75) is 19.9 Å². The van der Waals surface area contributed by atoms with Crippen molar-refractivity contribution in [3.8, 4) is 0 Å². The molecule has 0 amide bonds. The van der Waals surface area contributed by atoms with E-state index in [4.69, 9.17) is 5.73 Å². The van der Waals surface area contributed by atoms with Crippen molar-refractivity contribution in [3.05, 3.63) is 59.7 Å². The molecule has 1 aromatic heterocycles. The molecule has 2 N–H and O–H groups in total. The third kappa shape index (κ3) is 4.03. The van der Waals surface area contributed by atoms with Gasteiger partial charge in [0.25, 0.3) is 0 Å². The highest BCUT2D eigenvalue weighted by Gasteiger charge is 2.08. The zero-order valence-corrected chi connectivity index (χ0v) is 11.7. The maximum Gasteiger partial charge on any atom is 0.141 e. The van der Waals surface area contributed by atoms with E-state index in [1.807, 2.05) is 0 Å². The fourth-order valence-electron chi connectivity index (χ4n) is 2.10. The molecule has 0 atom stereocenters. The van der Waals surface area contributed by atoms with Crippen LogP contribution < -0.4 is 10.6 Å². The zero-order chi connectivity index (χ0) is 14.4. The lowest BCUT2D eigenvalue weighted by atomic mass is 10.2. The van der Waals surface area contributed by atoms with E-state index in [2.05, 4.69) is 41.1 Å². The average Bonchev–Trinajstić information content (AvgIpc) is 2.44. The minimum Gasteiger partial charge on any atom is -0.367 e. The van der Waals surface area contributed by atoms with E-state index in [9.17, 15) is 4.39 Å². The van der Waals surface area contributed by atoms with Crippen LogP contribution in [0.25, 0.3) is 0 Å². The Bertz CT molecular complexity index is 540. The van der Waals surface area contributed by atoms with Crippen molar-refractivity contribution in [2.24, 2.45) is 5.73 Å². The van der Waals surface area contributed by atoms with Gasteiger partial charge in [0.1, 0.15) is 5.82 Å². The standard InChI is InChI=1S/C16H20FN3/c1-13-3-5-16(6-4-13)20(8-2-7-18)12-14-9-15(17)11-19-10-14/h3-6,9-11H,2,7-8,12,18H2,1H3. The Kier molecular flexibility index (Phi) is 5.07. The fourth-order valence-corrected chi connectivity index (χ4v) is 2.10. The molecule has 0 aliphatic carbocycles. The number of hydrogen-bond donors (Lipinski definition) is 1. The summed E-state index contributed by atoms with van der Waals surface area (Å²) in [6.45, 7) is 4.18. The minimum atomic E-state index is -0.301. The van der Waals surface area contributed by atoms with E-state index in [0.29, 0.717) is 13.1 Å². The number of anilines is 1. The molecule has 0 bridgehead atoms. The lowest BCUT2D eigenvalue weighted by Crippen LogP contribution is -2.25. The average molecular weight is 273 g/mol. The molecule has 2 aromatic rings. The highest BCUT2D eigenvalue weighted by Crippen LogP contribution is 2.18. The van der Waals surface area contributed by atoms with Crippen molar-refractivity contribution in [1.29, 1.82) is 0 Å². The summed E-state index contributed by atoms with van der Waals surface area (Å²) in [5.41, 5.74) is 8.80. The third-order valence-electron chi connectivity index (χ3n) is 3.17. The number of hydrogen-bond acceptors (Lipinski definition) is 3. The molecule has 0 fully saturated rings. The largest absolute Gasteiger partial charge is 0.367 e. The van der Waals surface area contributed by atoms with Crippen molar-refractivity contribution >= 4 is 5.69 Å². The summed E-state index contributed by atoms with van der Waals surface area (Å²) in [5.74, 6) is -0.301. The van der Waals surface area contributed by atoms with E-state index >= 15 is 0 Å². The number of halogens is 1. The Labute approximate surface area is 119 Å². The number of benzene rings is 1. The SMILES string of the molecule is Cc1ccc(N(CCCN)Cc2cncc(F)c2)cc1. The van der Waals surface area contributed by atoms with E-state index in [-0.39, 0.29) is 5.82 Å². The monoisotopic (exact) mass is 273 g/mol. The molecule has 0 saturated carbocycles. The summed E-state index contributed by atoms with van der Waals surface area (Å²) in [4.78, 5) is 6.10. The number of nitrogens with two attached hydrogens (primary N) is 1. The van der Waals surface area contributed by atoms with Crippen LogP contribution in [0.2, 0.25) is 0 Å². The van der Waals surface area contributed by atoms with Crippen molar-refractivity contribution < 1.29 is 4.39 Å². The van der Waals surface area contributed by atoms with Gasteiger partial charge in [0, 0.05) is 25.0 Å². The summed E-state index contributed by atoms with van der Waals surface area (Å²) in [5, 5.41) is 0. The van der Waals surface area contributed by atoms with Crippen LogP contribution in [0, 0.1) is 12.7 Å². The molecular weight excluding hydrogens is 253 g/mol. The first-order chi connectivity index (χ1) is 9.69. The van der Waals surface area contributed by atoms with E-state index in [1.54, 1.807) is 6.20 Å². The van der Waals surface area contributed by atoms with Crippen LogP contribution in [0.15, 0.2) is 42.7 Å². The van der Waals surface area contributed by atoms with Crippen LogP contribution >= 0.6 is 0 Å². The first-order valence-electron chi connectivity index (χ1n) is 6.80. The van der Waals surface area contributed by atoms with Gasteiger partial charge in [-0.2, -0.15) is 0 Å². The van der Waals surface area contributed by atoms with E-state index in [0.717, 1.165) is 24.2 Å². The van der Waals surface area contributed by atoms with Gasteiger partial charge in [-0.05, 0) is 43.7 Å². The maximum absolute atomic E-state index is 13.2. The molecule has 0 radical (unpaired) electrons. The lowest BCUT2D eigenvalue weighted by molar-refractivity contribution is 0.616. The van der Waals surface area contributed by atoms with Gasteiger partial charge in [-0.3, -0.25) is 4.98 Å². The summed E-state index contributed by atoms with van der Waals surface area (Å²) in [6, 6.07) is 9.84. The van der Waals surface area contributed by atoms with Gasteiger partial charge in [0.2, 0.25) is 0 Å². The predicted octanol–water partition coefficient (Wildman–Crippen LogP) is 2.88. The summed E-state index contributed by atoms with van der Waals surface area (Å²) in [6.07, 6.45) is 3.82. The maximum atomic E-state index is 13.2. The van der Waals surface area contributed by atoms with Gasteiger partial charge in [-0.1, -0.05) is 17.7 Å². The Hall–Kier alpha value is -1.94. The summed E-state index contributed by atoms with van der Waals surface area (Å²) in [7, 11) is 0. The number of aromatic nitrogens is 1. The van der Waals surface area contributed by atoms with Gasteiger partial charge >= 0.3 is 0 Å². The zero-order valence-electron chi connectivity index (χ0n) is 11.7. The van der Waals surface area contributed by atoms with Crippen LogP contribution in [0.1, 0.15) is 17.5 Å². The molecule has 0 unspecified atom stereocenters. The Morgan fingerprint density at radius 2 is 1.95 bits per heavy atom. The van der Waals surface area contributed by atoms with Gasteiger partial charge in [-0.25, -0.2) is 4.39 Å². The van der Waals surface area contributed by atoms with Crippen molar-refractivity contribution in [1.82, 2.24) is 4.98 Å². The molecule has 106 valence electrons. The van der Waals surface area contributed by atoms with Crippen molar-refractivity contribution in [3.63, 3.8) is 0 Å². The Balaban J connectivity index is 2.16. The van der Waals surface area contributed by atoms with Crippen LogP contribution in [-0.4, -0.2) is 18.1 Å². The summed E-state index contributed by atoms with van der Waals surface area (Å²) >= 11 is 0. The van der Waals surface area contributed by atoms with Crippen LogP contribution in [0.3, 0.4) is 0 Å². The molecule has 3 nitrogen and oxygen atoms in total. The molecule has 4 heteroatoms. The number of pyridine rings is 1. The number of rotatable bonds is 6. The molecule has 0 aliphatic heterocycles. The van der Waals surface area contributed by atoms with E-state index < -0.39 is 0 Å². The lowest BCUT2D eigenvalue weighted by Gasteiger charge is -2.25. The fraction of sp³-hybridized carbons (Fsp3) is 0.312. The van der Waals surface area contributed by atoms with Crippen LogP contribution in [0.5, 0.6) is 0 Å². The van der Waals surface area contributed by atoms with E-state index in [1.165, 1.54) is 17.8 Å². The third-order valence-corrected chi connectivity index (χ3v) is 3.17. The second-order valence-corrected chi connectivity index (χ2v) is 4.91. The molecule has 0 saturated heterocycles. The highest BCUT2D eigenvalue weighted by atomic mass is 19.1. The van der Waals surface area contributed by atoms with Crippen molar-refractivity contribution in [2.75, 3.05) is 18.0 Å². The minimum absolute atomic E-state index is 0.301. The van der Waals surface area contributed by atoms with Gasteiger partial charge in [0.05, 0.1) is 6.20 Å². The van der Waals surface area contributed by atoms with Gasteiger partial charge in [0.15, 0.2) is 0 Å². The molecule has 0 spiro atoms. The predicted molar refractivity (Wildman–Crippen MR) is 80.1 cm³/mol. The molecule has 1 aromatic carbocycles. The molecule has 1 heterocycles. The molecule has 2 rings (SSSR count). The smallest absolute Gasteiger partial charge is 0.141 e. The Morgan fingerprint density at radius 3 is 2.60 bits per heavy atom. The van der Waals surface area contributed by atoms with Gasteiger partial charge < -0.3 is 10.6 Å². The van der Waals surface area contributed by atoms with Gasteiger partial charge in [-0.15, -0.1) is 0 Å². The Morgan fingerprint density at radius 1 is 1.20 bits per heavy atom. The highest BCUT2D eigenvalue weighted by molar-refractivity contribution is 5.48. The molecular formula is C16H20FN3. The first-order valence-corrected chi connectivity index (χ1v) is 6.80. The quantitative estimate of drug-likeness (QED) is 0.880. The molecule has 0 aliphatic rings. The number of nitrogens with zero attached hydrogens (tertiary/aromatic N) is 2. The summed E-state index contributed by atoms with van der Waals surface area (Å²) < 4.78 is 13.2. The normalized spacial score (nSPS) is 10.6. The second-order valence-electron chi connectivity index (χ2n) is 4.91. The topological polar surface area (TPSA) is 42.1 Å². The molecule has 20 heavy (non-hydrogen) atoms. The first kappa shape index (κ1) is 14.5. The number of aryl methyl sites for hydroxylation is 1.